The van der Waals surface area contributed by atoms with Gasteiger partial charge in [-0.2, -0.15) is 4.99 Å². The van der Waals surface area contributed by atoms with E-state index in [0.717, 1.165) is 11.1 Å². The first-order valence-corrected chi connectivity index (χ1v) is 8.98. The van der Waals surface area contributed by atoms with Crippen LogP contribution in [0.25, 0.3) is 10.6 Å². The number of hydrogen-bond acceptors (Lipinski definition) is 5. The zero-order valence-electron chi connectivity index (χ0n) is 15.0. The molecule has 0 atom stereocenters. The van der Waals surface area contributed by atoms with Gasteiger partial charge in [0.15, 0.2) is 5.96 Å². The molecule has 0 spiro atoms. The fourth-order valence-corrected chi connectivity index (χ4v) is 2.97. The smallest absolute Gasteiger partial charge is 0.286 e. The Hall–Kier alpha value is -3.79. The summed E-state index contributed by atoms with van der Waals surface area (Å²) < 4.78 is 0. The molecular formula is C18H18N8OS. The average molecular weight is 394 g/mol. The lowest BCUT2D eigenvalue weighted by Crippen LogP contribution is -2.26. The van der Waals surface area contributed by atoms with Crippen LogP contribution in [-0.4, -0.2) is 28.0 Å². The fraction of sp³-hybridized carbons (Fsp3) is 0.0556. The van der Waals surface area contributed by atoms with Crippen molar-refractivity contribution in [2.24, 2.45) is 27.2 Å². The number of hydrogen-bond donors (Lipinski definition) is 4. The molecule has 0 aliphatic rings. The van der Waals surface area contributed by atoms with Crippen molar-refractivity contribution in [3.05, 3.63) is 59.1 Å². The molecule has 0 aliphatic heterocycles. The first kappa shape index (κ1) is 19.0. The Morgan fingerprint density at radius 2 is 1.68 bits per heavy atom. The molecule has 3 aromatic rings. The predicted molar refractivity (Wildman–Crippen MR) is 112 cm³/mol. The number of nitrogens with zero attached hydrogens (tertiary/aromatic N) is 4. The van der Waals surface area contributed by atoms with E-state index in [1.54, 1.807) is 24.3 Å². The number of benzene rings is 2. The number of aliphatic imine (C=N–C) groups is 2. The van der Waals surface area contributed by atoms with Crippen molar-refractivity contribution in [2.45, 2.75) is 6.92 Å². The molecule has 1 heterocycles. The van der Waals surface area contributed by atoms with Crippen molar-refractivity contribution in [1.29, 1.82) is 0 Å². The predicted octanol–water partition coefficient (Wildman–Crippen LogP) is 1.99. The standard InChI is InChI=1S/C18H18N8OS/c1-10-2-6-12(7-3-10)22-14(27)16-26-25-15(28-16)11-4-8-13(9-5-11)23-18(21)24-17(19)20/h2-9H,1H3,(H,22,27)(H6,19,20,21,23,24). The van der Waals surface area contributed by atoms with Crippen molar-refractivity contribution in [3.63, 3.8) is 0 Å². The number of aryl methyl sites for hydroxylation is 1. The fourth-order valence-electron chi connectivity index (χ4n) is 2.22. The summed E-state index contributed by atoms with van der Waals surface area (Å²) in [7, 11) is 0. The number of nitrogens with one attached hydrogen (secondary N) is 1. The highest BCUT2D eigenvalue weighted by atomic mass is 32.1. The molecule has 9 nitrogen and oxygen atoms in total. The van der Waals surface area contributed by atoms with E-state index in [-0.39, 0.29) is 22.8 Å². The summed E-state index contributed by atoms with van der Waals surface area (Å²) in [6, 6.07) is 14.6. The van der Waals surface area contributed by atoms with Crippen molar-refractivity contribution in [3.8, 4) is 10.6 Å². The first-order chi connectivity index (χ1) is 13.4. The molecule has 28 heavy (non-hydrogen) atoms. The second kappa shape index (κ2) is 8.27. The normalized spacial score (nSPS) is 11.1. The van der Waals surface area contributed by atoms with E-state index in [2.05, 4.69) is 25.5 Å². The SMILES string of the molecule is Cc1ccc(NC(=O)c2nnc(-c3ccc(N=C(N)N=C(N)N)cc3)s2)cc1. The van der Waals surface area contributed by atoms with Crippen LogP contribution in [0.1, 0.15) is 15.4 Å². The molecule has 1 aromatic heterocycles. The Bertz CT molecular complexity index is 1030. The third-order valence-electron chi connectivity index (χ3n) is 3.53. The van der Waals surface area contributed by atoms with Gasteiger partial charge in [0, 0.05) is 11.3 Å². The molecule has 0 radical (unpaired) electrons. The maximum atomic E-state index is 12.3. The Kier molecular flexibility index (Phi) is 5.61. The van der Waals surface area contributed by atoms with Crippen LogP contribution in [0.15, 0.2) is 58.5 Å². The van der Waals surface area contributed by atoms with Gasteiger partial charge in [0.05, 0.1) is 5.69 Å². The second-order valence-electron chi connectivity index (χ2n) is 5.79. The highest BCUT2D eigenvalue weighted by molar-refractivity contribution is 7.16. The van der Waals surface area contributed by atoms with Crippen molar-refractivity contribution >= 4 is 40.5 Å². The Morgan fingerprint density at radius 1 is 1.00 bits per heavy atom. The zero-order chi connectivity index (χ0) is 20.1. The minimum Gasteiger partial charge on any atom is -0.370 e. The molecule has 0 bridgehead atoms. The second-order valence-corrected chi connectivity index (χ2v) is 6.76. The summed E-state index contributed by atoms with van der Waals surface area (Å²) in [5.41, 5.74) is 19.3. The van der Waals surface area contributed by atoms with Gasteiger partial charge in [0.2, 0.25) is 11.0 Å². The highest BCUT2D eigenvalue weighted by Crippen LogP contribution is 2.26. The number of rotatable bonds is 4. The topological polar surface area (TPSA) is 158 Å². The van der Waals surface area contributed by atoms with Gasteiger partial charge in [-0.25, -0.2) is 4.99 Å². The molecule has 0 unspecified atom stereocenters. The molecule has 10 heteroatoms. The molecule has 2 aromatic carbocycles. The Balaban J connectivity index is 1.72. The minimum absolute atomic E-state index is 0.0428. The summed E-state index contributed by atoms with van der Waals surface area (Å²) >= 11 is 1.19. The van der Waals surface area contributed by atoms with Gasteiger partial charge in [0.1, 0.15) is 5.01 Å². The van der Waals surface area contributed by atoms with Gasteiger partial charge in [-0.3, -0.25) is 4.79 Å². The largest absolute Gasteiger partial charge is 0.370 e. The number of aromatic nitrogens is 2. The van der Waals surface area contributed by atoms with Gasteiger partial charge >= 0.3 is 0 Å². The highest BCUT2D eigenvalue weighted by Gasteiger charge is 2.14. The molecule has 7 N–H and O–H groups in total. The molecular weight excluding hydrogens is 376 g/mol. The van der Waals surface area contributed by atoms with Crippen LogP contribution in [0.4, 0.5) is 11.4 Å². The van der Waals surface area contributed by atoms with Crippen LogP contribution in [0, 0.1) is 6.92 Å². The van der Waals surface area contributed by atoms with Crippen molar-refractivity contribution in [2.75, 3.05) is 5.32 Å². The molecule has 142 valence electrons. The van der Waals surface area contributed by atoms with Crippen molar-refractivity contribution < 1.29 is 4.79 Å². The van der Waals surface area contributed by atoms with Crippen LogP contribution in [0.5, 0.6) is 0 Å². The monoisotopic (exact) mass is 394 g/mol. The maximum Gasteiger partial charge on any atom is 0.286 e. The minimum atomic E-state index is -0.307. The summed E-state index contributed by atoms with van der Waals surface area (Å²) in [5, 5.41) is 11.7. The van der Waals surface area contributed by atoms with Gasteiger partial charge in [-0.05, 0) is 43.3 Å². The van der Waals surface area contributed by atoms with Crippen LogP contribution >= 0.6 is 11.3 Å². The number of guanidine groups is 2. The summed E-state index contributed by atoms with van der Waals surface area (Å²) in [4.78, 5) is 20.1. The third-order valence-corrected chi connectivity index (χ3v) is 4.50. The zero-order valence-corrected chi connectivity index (χ0v) is 15.8. The molecule has 3 rings (SSSR count). The summed E-state index contributed by atoms with van der Waals surface area (Å²) in [5.74, 6) is -0.513. The molecule has 1 amide bonds. The van der Waals surface area contributed by atoms with E-state index >= 15 is 0 Å². The lowest BCUT2D eigenvalue weighted by Gasteiger charge is -2.02. The van der Waals surface area contributed by atoms with Crippen LogP contribution in [0.2, 0.25) is 0 Å². The van der Waals surface area contributed by atoms with E-state index in [9.17, 15) is 4.79 Å². The van der Waals surface area contributed by atoms with Crippen LogP contribution in [0.3, 0.4) is 0 Å². The van der Waals surface area contributed by atoms with Crippen LogP contribution < -0.4 is 22.5 Å². The number of anilines is 1. The van der Waals surface area contributed by atoms with Gasteiger partial charge in [-0.1, -0.05) is 29.0 Å². The van der Waals surface area contributed by atoms with Crippen LogP contribution in [-0.2, 0) is 0 Å². The molecule has 0 fully saturated rings. The van der Waals surface area contributed by atoms with E-state index in [4.69, 9.17) is 17.2 Å². The third kappa shape index (κ3) is 4.89. The Morgan fingerprint density at radius 3 is 2.32 bits per heavy atom. The van der Waals surface area contributed by atoms with Gasteiger partial charge in [-0.15, -0.1) is 10.2 Å². The molecule has 0 saturated heterocycles. The maximum absolute atomic E-state index is 12.3. The van der Waals surface area contributed by atoms with Gasteiger partial charge in [0.25, 0.3) is 5.91 Å². The first-order valence-electron chi connectivity index (χ1n) is 8.16. The van der Waals surface area contributed by atoms with E-state index in [0.29, 0.717) is 16.4 Å². The van der Waals surface area contributed by atoms with E-state index in [1.807, 2.05) is 31.2 Å². The summed E-state index contributed by atoms with van der Waals surface area (Å²) in [6.45, 7) is 1.98. The van der Waals surface area contributed by atoms with E-state index in [1.165, 1.54) is 11.3 Å². The number of carbonyl (C=O) groups excluding carboxylic acids is 1. The Labute approximate surface area is 165 Å². The lowest BCUT2D eigenvalue weighted by molar-refractivity contribution is 0.102. The quantitative estimate of drug-likeness (QED) is 0.391. The number of carbonyl (C=O) groups is 1. The van der Waals surface area contributed by atoms with E-state index < -0.39 is 0 Å². The number of amides is 1. The lowest BCUT2D eigenvalue weighted by atomic mass is 10.2. The molecule has 0 aliphatic carbocycles. The molecule has 0 saturated carbocycles. The number of nitrogens with two attached hydrogens (primary N) is 3. The van der Waals surface area contributed by atoms with Gasteiger partial charge < -0.3 is 22.5 Å². The average Bonchev–Trinajstić information content (AvgIpc) is 3.14. The summed E-state index contributed by atoms with van der Waals surface area (Å²) in [6.07, 6.45) is 0. The van der Waals surface area contributed by atoms with Crippen molar-refractivity contribution in [1.82, 2.24) is 10.2 Å².